The number of benzene rings is 2. The van der Waals surface area contributed by atoms with Crippen LogP contribution >= 0.6 is 0 Å². The molecule has 9 heteroatoms. The van der Waals surface area contributed by atoms with Crippen LogP contribution in [0.4, 0.5) is 0 Å². The largest absolute Gasteiger partial charge is 0.456 e. The van der Waals surface area contributed by atoms with Gasteiger partial charge in [-0.2, -0.15) is 8.42 Å². The van der Waals surface area contributed by atoms with Crippen LogP contribution in [0.15, 0.2) is 59.5 Å². The number of carbonyl (C=O) groups is 1. The number of hydrogen-bond acceptors (Lipinski definition) is 8. The molecule has 2 aliphatic rings. The summed E-state index contributed by atoms with van der Waals surface area (Å²) in [6, 6.07) is 14.8. The summed E-state index contributed by atoms with van der Waals surface area (Å²) in [6.07, 6.45) is -4.50. The second-order valence-corrected chi connectivity index (χ2v) is 9.95. The molecule has 2 fully saturated rings. The van der Waals surface area contributed by atoms with Crippen molar-refractivity contribution in [3.8, 4) is 0 Å². The molecule has 0 unspecified atom stereocenters. The highest BCUT2D eigenvalue weighted by Crippen LogP contribution is 2.41. The van der Waals surface area contributed by atoms with Crippen molar-refractivity contribution in [2.45, 2.75) is 69.1 Å². The molecule has 0 aromatic heterocycles. The van der Waals surface area contributed by atoms with Gasteiger partial charge in [-0.05, 0) is 52.0 Å². The molecule has 0 N–H and O–H groups in total. The third-order valence-corrected chi connectivity index (χ3v) is 6.66. The maximum absolute atomic E-state index is 13.0. The molecule has 0 bridgehead atoms. The Balaban J connectivity index is 1.57. The lowest BCUT2D eigenvalue weighted by atomic mass is 10.1. The minimum absolute atomic E-state index is 0.0115. The van der Waals surface area contributed by atoms with Crippen molar-refractivity contribution in [1.82, 2.24) is 0 Å². The molecular formula is C23H26O8S. The topological polar surface area (TPSA) is 97.4 Å². The van der Waals surface area contributed by atoms with Crippen molar-refractivity contribution in [3.05, 3.63) is 65.7 Å². The number of aryl methyl sites for hydroxylation is 1. The Morgan fingerprint density at radius 2 is 1.69 bits per heavy atom. The van der Waals surface area contributed by atoms with Crippen LogP contribution in [0.5, 0.6) is 0 Å². The molecule has 4 rings (SSSR count). The first-order valence-electron chi connectivity index (χ1n) is 10.3. The Bertz CT molecular complexity index is 1060. The SMILES string of the molecule is Cc1ccc(S(=O)(=O)O[C@@H]2[C@H]3OC(C)(C)O[C@H]3O[C@@H]2[C@@H](C)OC(=O)c2ccccc2)cc1. The standard InChI is InChI=1S/C23H26O8S/c1-14-10-12-17(13-11-14)32(25,26)31-19-18(28-22-20(19)29-23(3,4)30-22)15(2)27-21(24)16-8-6-5-7-9-16/h5-13,15,18-20,22H,1-4H3/t15-,18-,19+,20-,22-/m1/s1. The Hall–Kier alpha value is -2.30. The van der Waals surface area contributed by atoms with Crippen LogP contribution in [0.1, 0.15) is 36.7 Å². The molecular weight excluding hydrogens is 436 g/mol. The summed E-state index contributed by atoms with van der Waals surface area (Å²) in [5.74, 6) is -1.53. The lowest BCUT2D eigenvalue weighted by Gasteiger charge is -2.28. The molecule has 2 aromatic carbocycles. The van der Waals surface area contributed by atoms with Gasteiger partial charge in [-0.25, -0.2) is 4.79 Å². The fourth-order valence-corrected chi connectivity index (χ4v) is 4.87. The number of rotatable bonds is 6. The maximum atomic E-state index is 13.0. The van der Waals surface area contributed by atoms with Crippen molar-refractivity contribution in [1.29, 1.82) is 0 Å². The van der Waals surface area contributed by atoms with E-state index >= 15 is 0 Å². The van der Waals surface area contributed by atoms with E-state index in [0.29, 0.717) is 5.56 Å². The van der Waals surface area contributed by atoms with Crippen LogP contribution in [0.2, 0.25) is 0 Å². The van der Waals surface area contributed by atoms with E-state index in [1.807, 2.05) is 6.92 Å². The molecule has 0 aliphatic carbocycles. The van der Waals surface area contributed by atoms with E-state index in [0.717, 1.165) is 5.56 Å². The molecule has 8 nitrogen and oxygen atoms in total. The van der Waals surface area contributed by atoms with Gasteiger partial charge in [0.2, 0.25) is 0 Å². The van der Waals surface area contributed by atoms with E-state index in [2.05, 4.69) is 0 Å². The predicted molar refractivity (Wildman–Crippen MR) is 113 cm³/mol. The van der Waals surface area contributed by atoms with Gasteiger partial charge in [0.15, 0.2) is 12.1 Å². The van der Waals surface area contributed by atoms with Gasteiger partial charge in [0.1, 0.15) is 24.4 Å². The van der Waals surface area contributed by atoms with Crippen LogP contribution in [0, 0.1) is 6.92 Å². The van der Waals surface area contributed by atoms with Gasteiger partial charge in [0, 0.05) is 0 Å². The van der Waals surface area contributed by atoms with Crippen molar-refractivity contribution in [2.24, 2.45) is 0 Å². The maximum Gasteiger partial charge on any atom is 0.338 e. The summed E-state index contributed by atoms with van der Waals surface area (Å²) in [7, 11) is -4.14. The first kappa shape index (κ1) is 22.9. The third kappa shape index (κ3) is 4.72. The Kier molecular flexibility index (Phi) is 6.12. The summed E-state index contributed by atoms with van der Waals surface area (Å²) in [5, 5.41) is 0. The van der Waals surface area contributed by atoms with Gasteiger partial charge in [0.05, 0.1) is 10.5 Å². The van der Waals surface area contributed by atoms with Gasteiger partial charge in [0.25, 0.3) is 10.1 Å². The molecule has 32 heavy (non-hydrogen) atoms. The van der Waals surface area contributed by atoms with Crippen molar-refractivity contribution in [2.75, 3.05) is 0 Å². The average Bonchev–Trinajstić information content (AvgIpc) is 3.21. The summed E-state index contributed by atoms with van der Waals surface area (Å²) in [6.45, 7) is 6.88. The second-order valence-electron chi connectivity index (χ2n) is 8.37. The first-order valence-corrected chi connectivity index (χ1v) is 11.7. The van der Waals surface area contributed by atoms with Crippen LogP contribution in [0.3, 0.4) is 0 Å². The van der Waals surface area contributed by atoms with Gasteiger partial charge >= 0.3 is 5.97 Å². The molecule has 0 saturated carbocycles. The van der Waals surface area contributed by atoms with E-state index in [-0.39, 0.29) is 4.90 Å². The van der Waals surface area contributed by atoms with Crippen LogP contribution in [0.25, 0.3) is 0 Å². The summed E-state index contributed by atoms with van der Waals surface area (Å²) in [5.41, 5.74) is 1.29. The number of esters is 1. The van der Waals surface area contributed by atoms with E-state index in [1.54, 1.807) is 63.2 Å². The zero-order valence-corrected chi connectivity index (χ0v) is 19.1. The first-order chi connectivity index (χ1) is 15.1. The van der Waals surface area contributed by atoms with Crippen molar-refractivity contribution in [3.63, 3.8) is 0 Å². The zero-order chi connectivity index (χ0) is 23.1. The molecule has 172 valence electrons. The Morgan fingerprint density at radius 3 is 2.34 bits per heavy atom. The Morgan fingerprint density at radius 1 is 1.03 bits per heavy atom. The number of fused-ring (bicyclic) bond motifs is 1. The molecule has 2 aliphatic heterocycles. The van der Waals surface area contributed by atoms with E-state index in [1.165, 1.54) is 12.1 Å². The second kappa shape index (κ2) is 8.57. The average molecular weight is 463 g/mol. The molecule has 2 saturated heterocycles. The smallest absolute Gasteiger partial charge is 0.338 e. The van der Waals surface area contributed by atoms with Gasteiger partial charge in [-0.15, -0.1) is 0 Å². The zero-order valence-electron chi connectivity index (χ0n) is 18.3. The van der Waals surface area contributed by atoms with Gasteiger partial charge in [-0.1, -0.05) is 35.9 Å². The fourth-order valence-electron chi connectivity index (χ4n) is 3.78. The van der Waals surface area contributed by atoms with Crippen molar-refractivity contribution < 1.29 is 36.3 Å². The summed E-state index contributed by atoms with van der Waals surface area (Å²) >= 11 is 0. The molecule has 0 radical (unpaired) electrons. The van der Waals surface area contributed by atoms with E-state index < -0.39 is 52.6 Å². The third-order valence-electron chi connectivity index (χ3n) is 5.34. The van der Waals surface area contributed by atoms with E-state index in [9.17, 15) is 13.2 Å². The highest BCUT2D eigenvalue weighted by molar-refractivity contribution is 7.86. The summed E-state index contributed by atoms with van der Waals surface area (Å²) in [4.78, 5) is 12.5. The predicted octanol–water partition coefficient (Wildman–Crippen LogP) is 3.19. The fraction of sp³-hybridized carbons (Fsp3) is 0.435. The van der Waals surface area contributed by atoms with Crippen LogP contribution in [-0.2, 0) is 33.2 Å². The lowest BCUT2D eigenvalue weighted by molar-refractivity contribution is -0.222. The van der Waals surface area contributed by atoms with Gasteiger partial charge < -0.3 is 18.9 Å². The lowest BCUT2D eigenvalue weighted by Crippen LogP contribution is -2.44. The molecule has 2 aromatic rings. The van der Waals surface area contributed by atoms with Crippen LogP contribution in [-0.4, -0.2) is 50.9 Å². The minimum atomic E-state index is -4.14. The van der Waals surface area contributed by atoms with E-state index in [4.69, 9.17) is 23.1 Å². The highest BCUT2D eigenvalue weighted by atomic mass is 32.2. The summed E-state index contributed by atoms with van der Waals surface area (Å²) < 4.78 is 54.7. The molecule has 0 spiro atoms. The normalized spacial score (nSPS) is 27.6. The van der Waals surface area contributed by atoms with Crippen molar-refractivity contribution >= 4 is 16.1 Å². The minimum Gasteiger partial charge on any atom is -0.456 e. The number of carbonyl (C=O) groups excluding carboxylic acids is 1. The number of ether oxygens (including phenoxy) is 4. The highest BCUT2D eigenvalue weighted by Gasteiger charge is 2.58. The molecule has 2 heterocycles. The Labute approximate surface area is 187 Å². The number of hydrogen-bond donors (Lipinski definition) is 0. The quantitative estimate of drug-likeness (QED) is 0.477. The molecule has 0 amide bonds. The molecule has 5 atom stereocenters. The van der Waals surface area contributed by atoms with Crippen LogP contribution < -0.4 is 0 Å². The monoisotopic (exact) mass is 462 g/mol. The van der Waals surface area contributed by atoms with Gasteiger partial charge in [-0.3, -0.25) is 4.18 Å².